The second-order valence-corrected chi connectivity index (χ2v) is 5.64. The van der Waals surface area contributed by atoms with Crippen LogP contribution < -0.4 is 4.74 Å². The minimum absolute atomic E-state index is 0.00365. The van der Waals surface area contributed by atoms with Crippen molar-refractivity contribution in [2.24, 2.45) is 7.05 Å². The van der Waals surface area contributed by atoms with Gasteiger partial charge in [-0.15, -0.1) is 0 Å². The molecular formula is C17H21N3O3. The van der Waals surface area contributed by atoms with Gasteiger partial charge in [-0.3, -0.25) is 9.48 Å². The van der Waals surface area contributed by atoms with E-state index in [0.29, 0.717) is 25.4 Å². The van der Waals surface area contributed by atoms with Crippen molar-refractivity contribution >= 4 is 5.91 Å². The van der Waals surface area contributed by atoms with Gasteiger partial charge in [-0.1, -0.05) is 12.1 Å². The number of aromatic nitrogens is 2. The van der Waals surface area contributed by atoms with Crippen LogP contribution >= 0.6 is 0 Å². The lowest BCUT2D eigenvalue weighted by Crippen LogP contribution is -2.46. The first kappa shape index (κ1) is 15.6. The Labute approximate surface area is 135 Å². The number of nitrogens with zero attached hydrogens (tertiary/aromatic N) is 3. The number of carbonyl (C=O) groups excluding carboxylic acids is 1. The summed E-state index contributed by atoms with van der Waals surface area (Å²) in [6.07, 6.45) is 2.39. The molecule has 0 spiro atoms. The number of methoxy groups -OCH3 is 1. The van der Waals surface area contributed by atoms with Gasteiger partial charge >= 0.3 is 0 Å². The van der Waals surface area contributed by atoms with Crippen LogP contribution in [0.15, 0.2) is 36.5 Å². The quantitative estimate of drug-likeness (QED) is 0.858. The van der Waals surface area contributed by atoms with Crippen molar-refractivity contribution < 1.29 is 14.3 Å². The number of morpholine rings is 1. The first-order chi connectivity index (χ1) is 11.2. The Morgan fingerprint density at radius 3 is 3.04 bits per heavy atom. The maximum absolute atomic E-state index is 12.6. The zero-order valence-electron chi connectivity index (χ0n) is 13.4. The molecule has 2 heterocycles. The van der Waals surface area contributed by atoms with E-state index in [-0.39, 0.29) is 12.0 Å². The molecule has 1 atom stereocenters. The number of benzene rings is 1. The summed E-state index contributed by atoms with van der Waals surface area (Å²) in [5.74, 6) is 0.838. The van der Waals surface area contributed by atoms with Crippen molar-refractivity contribution in [2.75, 3.05) is 26.8 Å². The standard InChI is InChI=1S/C17H21N3O3/c1-19-16(6-7-18-19)17(21)20-8-9-23-15(12-20)11-13-4-3-5-14(10-13)22-2/h3-7,10,15H,8-9,11-12H2,1-2H3/t15-/m1/s1. The minimum atomic E-state index is -0.00645. The highest BCUT2D eigenvalue weighted by Gasteiger charge is 2.26. The van der Waals surface area contributed by atoms with Crippen molar-refractivity contribution in [3.8, 4) is 5.75 Å². The molecule has 1 saturated heterocycles. The monoisotopic (exact) mass is 315 g/mol. The van der Waals surface area contributed by atoms with Crippen LogP contribution in [0.5, 0.6) is 5.75 Å². The molecule has 3 rings (SSSR count). The molecule has 6 nitrogen and oxygen atoms in total. The number of carbonyl (C=O) groups is 1. The number of aryl methyl sites for hydroxylation is 1. The van der Waals surface area contributed by atoms with Crippen LogP contribution in [0.25, 0.3) is 0 Å². The third kappa shape index (κ3) is 3.53. The van der Waals surface area contributed by atoms with Gasteiger partial charge in [-0.2, -0.15) is 5.10 Å². The van der Waals surface area contributed by atoms with E-state index in [1.165, 1.54) is 0 Å². The van der Waals surface area contributed by atoms with E-state index in [4.69, 9.17) is 9.47 Å². The van der Waals surface area contributed by atoms with Gasteiger partial charge < -0.3 is 14.4 Å². The van der Waals surface area contributed by atoms with Crippen LogP contribution in [-0.2, 0) is 18.2 Å². The molecule has 1 aromatic heterocycles. The van der Waals surface area contributed by atoms with Crippen molar-refractivity contribution in [3.63, 3.8) is 0 Å². The molecule has 0 aliphatic carbocycles. The molecule has 1 aromatic carbocycles. The molecule has 6 heteroatoms. The van der Waals surface area contributed by atoms with E-state index in [9.17, 15) is 4.79 Å². The molecule has 1 amide bonds. The molecule has 122 valence electrons. The average Bonchev–Trinajstić information content (AvgIpc) is 3.00. The number of hydrogen-bond donors (Lipinski definition) is 0. The van der Waals surface area contributed by atoms with E-state index >= 15 is 0 Å². The van der Waals surface area contributed by atoms with Gasteiger partial charge in [0, 0.05) is 32.8 Å². The van der Waals surface area contributed by atoms with Gasteiger partial charge in [0.25, 0.3) is 5.91 Å². The summed E-state index contributed by atoms with van der Waals surface area (Å²) < 4.78 is 12.7. The third-order valence-electron chi connectivity index (χ3n) is 4.06. The fraction of sp³-hybridized carbons (Fsp3) is 0.412. The molecule has 1 aliphatic heterocycles. The van der Waals surface area contributed by atoms with E-state index in [2.05, 4.69) is 5.10 Å². The van der Waals surface area contributed by atoms with E-state index in [1.54, 1.807) is 31.1 Å². The smallest absolute Gasteiger partial charge is 0.272 e. The third-order valence-corrected chi connectivity index (χ3v) is 4.06. The highest BCUT2D eigenvalue weighted by atomic mass is 16.5. The van der Waals surface area contributed by atoms with Gasteiger partial charge in [0.05, 0.1) is 19.8 Å². The summed E-state index contributed by atoms with van der Waals surface area (Å²) in [7, 11) is 3.44. The molecule has 0 N–H and O–H groups in total. The maximum atomic E-state index is 12.6. The minimum Gasteiger partial charge on any atom is -0.497 e. The summed E-state index contributed by atoms with van der Waals surface area (Å²) in [5.41, 5.74) is 1.75. The van der Waals surface area contributed by atoms with Gasteiger partial charge in [0.2, 0.25) is 0 Å². The lowest BCUT2D eigenvalue weighted by molar-refractivity contribution is -0.0211. The second kappa shape index (κ2) is 6.83. The predicted molar refractivity (Wildman–Crippen MR) is 85.5 cm³/mol. The zero-order chi connectivity index (χ0) is 16.2. The Bertz CT molecular complexity index is 683. The Hall–Kier alpha value is -2.34. The SMILES string of the molecule is COc1cccc(C[C@@H]2CN(C(=O)c3ccnn3C)CCO2)c1. The van der Waals surface area contributed by atoms with Gasteiger partial charge in [0.1, 0.15) is 11.4 Å². The van der Waals surface area contributed by atoms with Gasteiger partial charge in [-0.25, -0.2) is 0 Å². The molecule has 0 radical (unpaired) electrons. The van der Waals surface area contributed by atoms with Crippen LogP contribution in [0.3, 0.4) is 0 Å². The van der Waals surface area contributed by atoms with Gasteiger partial charge in [-0.05, 0) is 23.8 Å². The molecule has 0 bridgehead atoms. The molecule has 1 aliphatic rings. The summed E-state index contributed by atoms with van der Waals surface area (Å²) in [6, 6.07) is 9.69. The molecule has 23 heavy (non-hydrogen) atoms. The van der Waals surface area contributed by atoms with Crippen LogP contribution in [0, 0.1) is 0 Å². The van der Waals surface area contributed by atoms with Crippen molar-refractivity contribution in [3.05, 3.63) is 47.8 Å². The molecule has 0 unspecified atom stereocenters. The lowest BCUT2D eigenvalue weighted by Gasteiger charge is -2.33. The largest absolute Gasteiger partial charge is 0.497 e. The Morgan fingerprint density at radius 1 is 1.43 bits per heavy atom. The van der Waals surface area contributed by atoms with E-state index < -0.39 is 0 Å². The first-order valence-electron chi connectivity index (χ1n) is 7.69. The number of amides is 1. The molecular weight excluding hydrogens is 294 g/mol. The summed E-state index contributed by atoms with van der Waals surface area (Å²) >= 11 is 0. The summed E-state index contributed by atoms with van der Waals surface area (Å²) in [6.45, 7) is 1.75. The number of hydrogen-bond acceptors (Lipinski definition) is 4. The van der Waals surface area contributed by atoms with Crippen LogP contribution in [0.4, 0.5) is 0 Å². The zero-order valence-corrected chi connectivity index (χ0v) is 13.4. The maximum Gasteiger partial charge on any atom is 0.272 e. The summed E-state index contributed by atoms with van der Waals surface area (Å²) in [4.78, 5) is 14.4. The first-order valence-corrected chi connectivity index (χ1v) is 7.69. The Kier molecular flexibility index (Phi) is 4.62. The molecule has 1 fully saturated rings. The van der Waals surface area contributed by atoms with Crippen molar-refractivity contribution in [2.45, 2.75) is 12.5 Å². The highest BCUT2D eigenvalue weighted by molar-refractivity contribution is 5.92. The van der Waals surface area contributed by atoms with Crippen molar-refractivity contribution in [1.29, 1.82) is 0 Å². The highest BCUT2D eigenvalue weighted by Crippen LogP contribution is 2.18. The average molecular weight is 315 g/mol. The Balaban J connectivity index is 1.66. The lowest BCUT2D eigenvalue weighted by atomic mass is 10.1. The normalized spacial score (nSPS) is 18.0. The summed E-state index contributed by atoms with van der Waals surface area (Å²) in [5, 5.41) is 4.06. The fourth-order valence-corrected chi connectivity index (χ4v) is 2.84. The van der Waals surface area contributed by atoms with E-state index in [0.717, 1.165) is 17.7 Å². The molecule has 2 aromatic rings. The molecule has 0 saturated carbocycles. The second-order valence-electron chi connectivity index (χ2n) is 5.64. The topological polar surface area (TPSA) is 56.6 Å². The van der Waals surface area contributed by atoms with Crippen LogP contribution in [0.1, 0.15) is 16.1 Å². The Morgan fingerprint density at radius 2 is 2.30 bits per heavy atom. The number of rotatable bonds is 4. The van der Waals surface area contributed by atoms with Crippen LogP contribution in [-0.4, -0.2) is 53.5 Å². The van der Waals surface area contributed by atoms with E-state index in [1.807, 2.05) is 29.2 Å². The van der Waals surface area contributed by atoms with Crippen molar-refractivity contribution in [1.82, 2.24) is 14.7 Å². The number of ether oxygens (including phenoxy) is 2. The van der Waals surface area contributed by atoms with Gasteiger partial charge in [0.15, 0.2) is 0 Å². The fourth-order valence-electron chi connectivity index (χ4n) is 2.84. The predicted octanol–water partition coefficient (Wildman–Crippen LogP) is 1.51. The van der Waals surface area contributed by atoms with Crippen LogP contribution in [0.2, 0.25) is 0 Å².